The summed E-state index contributed by atoms with van der Waals surface area (Å²) >= 11 is 0. The summed E-state index contributed by atoms with van der Waals surface area (Å²) in [4.78, 5) is 40.1. The molecule has 4 nitrogen and oxygen atoms in total. The average Bonchev–Trinajstić information content (AvgIpc) is 2.65. The van der Waals surface area contributed by atoms with Gasteiger partial charge in [-0.05, 0) is 73.9 Å². The quantitative estimate of drug-likeness (QED) is 0.303. The Morgan fingerprint density at radius 3 is 0.893 bits per heavy atom. The van der Waals surface area contributed by atoms with E-state index in [9.17, 15) is 14.4 Å². The second-order valence-corrected chi connectivity index (χ2v) is 7.95. The molecule has 28 heavy (non-hydrogen) atoms. The molecule has 0 aliphatic carbocycles. The summed E-state index contributed by atoms with van der Waals surface area (Å²) in [5, 5.41) is 3.16. The molecular formula is C24H15NO3. The first-order valence-electron chi connectivity index (χ1n) is 9.25. The van der Waals surface area contributed by atoms with E-state index < -0.39 is 0 Å². The van der Waals surface area contributed by atoms with E-state index in [1.54, 1.807) is 0 Å². The van der Waals surface area contributed by atoms with Crippen LogP contribution in [-0.4, -0.2) is 4.40 Å². The Hall–Kier alpha value is -3.53. The third-order valence-electron chi connectivity index (χ3n) is 5.90. The molecule has 6 rings (SSSR count). The Balaban J connectivity index is 2.24. The van der Waals surface area contributed by atoms with Crippen molar-refractivity contribution in [2.24, 2.45) is 0 Å². The number of aryl methyl sites for hydroxylation is 3. The highest BCUT2D eigenvalue weighted by Crippen LogP contribution is 2.33. The van der Waals surface area contributed by atoms with E-state index in [1.165, 1.54) is 0 Å². The van der Waals surface area contributed by atoms with Crippen molar-refractivity contribution < 1.29 is 0 Å². The van der Waals surface area contributed by atoms with Gasteiger partial charge >= 0.3 is 0 Å². The number of nitrogens with zero attached hydrogens (tertiary/aromatic N) is 1. The lowest BCUT2D eigenvalue weighted by molar-refractivity contribution is 1.30. The average molecular weight is 365 g/mol. The van der Waals surface area contributed by atoms with Crippen LogP contribution in [0.15, 0.2) is 50.8 Å². The number of rotatable bonds is 0. The topological polar surface area (TPSA) is 55.6 Å². The van der Waals surface area contributed by atoms with Crippen LogP contribution < -0.4 is 16.3 Å². The van der Waals surface area contributed by atoms with Gasteiger partial charge in [-0.3, -0.25) is 14.4 Å². The van der Waals surface area contributed by atoms with Crippen LogP contribution in [0.5, 0.6) is 0 Å². The minimum atomic E-state index is -0.129. The maximum atomic E-state index is 13.4. The molecule has 0 N–H and O–H groups in total. The van der Waals surface area contributed by atoms with Crippen molar-refractivity contribution in [2.75, 3.05) is 0 Å². The lowest BCUT2D eigenvalue weighted by Crippen LogP contribution is -2.19. The van der Waals surface area contributed by atoms with Gasteiger partial charge in [0.25, 0.3) is 0 Å². The number of hydrogen-bond acceptors (Lipinski definition) is 3. The molecule has 3 aromatic heterocycles. The zero-order valence-corrected chi connectivity index (χ0v) is 15.6. The van der Waals surface area contributed by atoms with Gasteiger partial charge in [0.2, 0.25) is 0 Å². The Kier molecular flexibility index (Phi) is 2.58. The van der Waals surface area contributed by atoms with Gasteiger partial charge in [-0.2, -0.15) is 0 Å². The van der Waals surface area contributed by atoms with Crippen molar-refractivity contribution in [3.8, 4) is 0 Å². The molecule has 0 bridgehead atoms. The Morgan fingerprint density at radius 1 is 0.464 bits per heavy atom. The zero-order valence-electron chi connectivity index (χ0n) is 15.6. The van der Waals surface area contributed by atoms with Crippen LogP contribution in [-0.2, 0) is 0 Å². The summed E-state index contributed by atoms with van der Waals surface area (Å²) in [5.74, 6) is 0. The highest BCUT2D eigenvalue weighted by atomic mass is 16.1. The number of aromatic nitrogens is 1. The number of pyridine rings is 3. The van der Waals surface area contributed by atoms with Gasteiger partial charge in [0.1, 0.15) is 0 Å². The minimum Gasteiger partial charge on any atom is -0.306 e. The standard InChI is InChI=1S/C24H15NO3/c1-10-4-13-19-14(5-10)23(27)16-7-12(3)9-18-21(16)25(19)20-15(22(13)26)6-11(2)8-17(20)24(18)28/h4-9H,1-3H3. The van der Waals surface area contributed by atoms with Crippen molar-refractivity contribution >= 4 is 48.9 Å². The summed E-state index contributed by atoms with van der Waals surface area (Å²) in [5.41, 5.74) is 4.07. The Bertz CT molecular complexity index is 1480. The number of benzene rings is 3. The van der Waals surface area contributed by atoms with Gasteiger partial charge in [-0.1, -0.05) is 0 Å². The smallest absolute Gasteiger partial charge is 0.197 e. The number of hydrogen-bond donors (Lipinski definition) is 0. The van der Waals surface area contributed by atoms with Crippen LogP contribution in [0.2, 0.25) is 0 Å². The predicted molar refractivity (Wildman–Crippen MR) is 114 cm³/mol. The van der Waals surface area contributed by atoms with Crippen LogP contribution in [0, 0.1) is 20.8 Å². The molecular weight excluding hydrogens is 350 g/mol. The van der Waals surface area contributed by atoms with Crippen molar-refractivity contribution in [1.82, 2.24) is 4.40 Å². The van der Waals surface area contributed by atoms with E-state index in [1.807, 2.05) is 61.6 Å². The second-order valence-electron chi connectivity index (χ2n) is 7.95. The molecule has 4 heteroatoms. The monoisotopic (exact) mass is 365 g/mol. The molecule has 0 atom stereocenters. The van der Waals surface area contributed by atoms with E-state index in [2.05, 4.69) is 0 Å². The van der Waals surface area contributed by atoms with E-state index in [0.29, 0.717) is 48.9 Å². The third kappa shape index (κ3) is 1.60. The molecule has 0 radical (unpaired) electrons. The molecule has 3 heterocycles. The van der Waals surface area contributed by atoms with Gasteiger partial charge in [0.15, 0.2) is 16.3 Å². The van der Waals surface area contributed by atoms with E-state index in [0.717, 1.165) is 16.7 Å². The van der Waals surface area contributed by atoms with Gasteiger partial charge < -0.3 is 4.40 Å². The molecule has 0 spiro atoms. The van der Waals surface area contributed by atoms with Gasteiger partial charge in [-0.25, -0.2) is 0 Å². The van der Waals surface area contributed by atoms with E-state index >= 15 is 0 Å². The van der Waals surface area contributed by atoms with Crippen LogP contribution in [0.1, 0.15) is 16.7 Å². The highest BCUT2D eigenvalue weighted by Gasteiger charge is 2.23. The van der Waals surface area contributed by atoms with Gasteiger partial charge in [0.05, 0.1) is 16.6 Å². The Labute approximate surface area is 158 Å². The fraction of sp³-hybridized carbons (Fsp3) is 0.125. The van der Waals surface area contributed by atoms with E-state index in [4.69, 9.17) is 0 Å². The van der Waals surface area contributed by atoms with Gasteiger partial charge in [-0.15, -0.1) is 0 Å². The molecule has 0 aliphatic heterocycles. The van der Waals surface area contributed by atoms with Crippen LogP contribution in [0.3, 0.4) is 0 Å². The molecule has 0 saturated heterocycles. The first-order valence-corrected chi connectivity index (χ1v) is 9.25. The van der Waals surface area contributed by atoms with Crippen molar-refractivity contribution in [3.05, 3.63) is 83.8 Å². The first-order chi connectivity index (χ1) is 13.4. The second kappa shape index (κ2) is 4.65. The zero-order chi connectivity index (χ0) is 19.5. The summed E-state index contributed by atoms with van der Waals surface area (Å²) < 4.78 is 1.97. The normalized spacial score (nSPS) is 12.5. The SMILES string of the molecule is Cc1cc2c(=O)c3cc(C)cc4c(=O)c5cc(C)cc6c(=O)c(c1)c2n(c34)c65. The molecule has 0 saturated carbocycles. The van der Waals surface area contributed by atoms with Crippen LogP contribution in [0.4, 0.5) is 0 Å². The summed E-state index contributed by atoms with van der Waals surface area (Å²) in [6.45, 7) is 5.68. The van der Waals surface area contributed by atoms with Crippen molar-refractivity contribution in [2.45, 2.75) is 20.8 Å². The maximum absolute atomic E-state index is 13.4. The molecule has 0 fully saturated rings. The van der Waals surface area contributed by atoms with Crippen molar-refractivity contribution in [1.29, 1.82) is 0 Å². The molecule has 0 aliphatic rings. The van der Waals surface area contributed by atoms with E-state index in [-0.39, 0.29) is 16.3 Å². The molecule has 0 amide bonds. The Morgan fingerprint density at radius 2 is 0.679 bits per heavy atom. The maximum Gasteiger partial charge on any atom is 0.197 e. The lowest BCUT2D eigenvalue weighted by Gasteiger charge is -2.19. The van der Waals surface area contributed by atoms with Crippen LogP contribution in [0.25, 0.3) is 48.9 Å². The molecule has 6 aromatic rings. The molecule has 0 unspecified atom stereocenters. The summed E-state index contributed by atoms with van der Waals surface area (Å²) in [6.07, 6.45) is 0. The third-order valence-corrected chi connectivity index (χ3v) is 5.90. The van der Waals surface area contributed by atoms with Crippen molar-refractivity contribution in [3.63, 3.8) is 0 Å². The fourth-order valence-electron chi connectivity index (χ4n) is 4.87. The fourth-order valence-corrected chi connectivity index (χ4v) is 4.87. The highest BCUT2D eigenvalue weighted by molar-refractivity contribution is 6.16. The largest absolute Gasteiger partial charge is 0.306 e. The molecule has 3 aromatic carbocycles. The summed E-state index contributed by atoms with van der Waals surface area (Å²) in [7, 11) is 0. The molecule has 134 valence electrons. The van der Waals surface area contributed by atoms with Crippen LogP contribution >= 0.6 is 0 Å². The minimum absolute atomic E-state index is 0.129. The van der Waals surface area contributed by atoms with Gasteiger partial charge in [0, 0.05) is 32.3 Å². The summed E-state index contributed by atoms with van der Waals surface area (Å²) in [6, 6.07) is 11.1. The predicted octanol–water partition coefficient (Wildman–Crippen LogP) is 3.87. The first kappa shape index (κ1) is 15.5. The lowest BCUT2D eigenvalue weighted by atomic mass is 9.95.